The molecule has 4 nitrogen and oxygen atoms in total. The topological polar surface area (TPSA) is 44.4 Å². The molecule has 1 N–H and O–H groups in total. The second-order valence-corrected chi connectivity index (χ2v) is 7.82. The highest BCUT2D eigenvalue weighted by atomic mass is 16.4. The molecule has 0 unspecified atom stereocenters. The van der Waals surface area contributed by atoms with Gasteiger partial charge in [0.05, 0.1) is 0 Å². The lowest BCUT2D eigenvalue weighted by atomic mass is 9.83. The number of carboxylic acids is 1. The van der Waals surface area contributed by atoms with Gasteiger partial charge < -0.3 is 10.0 Å². The molecule has 2 aromatic rings. The summed E-state index contributed by atoms with van der Waals surface area (Å²) in [6.07, 6.45) is 9.33. The van der Waals surface area contributed by atoms with Crippen LogP contribution in [-0.2, 0) is 17.3 Å². The second kappa shape index (κ2) is 7.95. The number of carbonyl (C=O) groups is 1. The molecule has 1 aliphatic rings. The van der Waals surface area contributed by atoms with E-state index < -0.39 is 5.97 Å². The number of hydrogen-bond acceptors (Lipinski definition) is 2. The first-order valence-corrected chi connectivity index (χ1v) is 9.66. The number of unbranched alkanes of at least 4 members (excludes halogenated alkanes) is 2. The van der Waals surface area contributed by atoms with E-state index in [4.69, 9.17) is 5.11 Å². The van der Waals surface area contributed by atoms with Gasteiger partial charge in [0.2, 0.25) is 0 Å². The van der Waals surface area contributed by atoms with Crippen LogP contribution in [0.3, 0.4) is 0 Å². The number of rotatable bonds is 7. The van der Waals surface area contributed by atoms with Gasteiger partial charge in [0.1, 0.15) is 7.05 Å². The maximum atomic E-state index is 10.7. The summed E-state index contributed by atoms with van der Waals surface area (Å²) in [6, 6.07) is 12.9. The van der Waals surface area contributed by atoms with E-state index in [9.17, 15) is 4.79 Å². The Kier molecular flexibility index (Phi) is 5.64. The summed E-state index contributed by atoms with van der Waals surface area (Å²) in [7, 11) is 2.02. The van der Waals surface area contributed by atoms with Gasteiger partial charge in [-0.2, -0.15) is 0 Å². The van der Waals surface area contributed by atoms with Crippen molar-refractivity contribution in [3.63, 3.8) is 0 Å². The lowest BCUT2D eigenvalue weighted by molar-refractivity contribution is -0.671. The fraction of sp³-hybridized carbons (Fsp3) is 0.391. The van der Waals surface area contributed by atoms with E-state index in [0.29, 0.717) is 0 Å². The van der Waals surface area contributed by atoms with Crippen LogP contribution in [-0.4, -0.2) is 17.6 Å². The van der Waals surface area contributed by atoms with Crippen LogP contribution >= 0.6 is 0 Å². The molecular weight excluding hydrogens is 336 g/mol. The molecule has 27 heavy (non-hydrogen) atoms. The predicted octanol–water partition coefficient (Wildman–Crippen LogP) is 4.29. The normalized spacial score (nSPS) is 16.6. The van der Waals surface area contributed by atoms with Gasteiger partial charge >= 0.3 is 5.97 Å². The summed E-state index contributed by atoms with van der Waals surface area (Å²) in [6.45, 7) is 5.47. The number of fused-ring (bicyclic) bond motifs is 1. The standard InChI is InChI=1S/C23H28N2O2/c1-23(2)19-9-6-7-10-20(19)25(14-8-4-5-11-22(26)27)21(23)17-18-12-15-24(3)16-13-18/h6-7,9-10,12-13,15-17H,4-5,8,11,14H2,1-3H3/p+1. The first-order chi connectivity index (χ1) is 12.9. The Labute approximate surface area is 161 Å². The van der Waals surface area contributed by atoms with Crippen molar-refractivity contribution in [1.29, 1.82) is 0 Å². The minimum absolute atomic E-state index is 0.0598. The molecule has 0 bridgehead atoms. The van der Waals surface area contributed by atoms with Crippen LogP contribution in [0.4, 0.5) is 5.69 Å². The lowest BCUT2D eigenvalue weighted by Gasteiger charge is -2.27. The number of aliphatic carboxylic acids is 1. The van der Waals surface area contributed by atoms with Crippen LogP contribution < -0.4 is 9.47 Å². The predicted molar refractivity (Wildman–Crippen MR) is 109 cm³/mol. The summed E-state index contributed by atoms with van der Waals surface area (Å²) >= 11 is 0. The minimum atomic E-state index is -0.708. The van der Waals surface area contributed by atoms with Gasteiger partial charge in [-0.1, -0.05) is 38.5 Å². The van der Waals surface area contributed by atoms with Crippen molar-refractivity contribution in [3.8, 4) is 0 Å². The first-order valence-electron chi connectivity index (χ1n) is 9.66. The van der Waals surface area contributed by atoms with Crippen LogP contribution in [0.15, 0.2) is 54.5 Å². The molecule has 0 amide bonds. The number of nitrogens with zero attached hydrogens (tertiary/aromatic N) is 2. The van der Waals surface area contributed by atoms with E-state index in [2.05, 4.69) is 73.6 Å². The molecule has 1 aromatic carbocycles. The zero-order valence-electron chi connectivity index (χ0n) is 16.5. The number of allylic oxidation sites excluding steroid dienone is 1. The summed E-state index contributed by atoms with van der Waals surface area (Å²) in [5.41, 5.74) is 5.06. The molecule has 0 saturated carbocycles. The fourth-order valence-corrected chi connectivity index (χ4v) is 3.83. The molecular formula is C23H29N2O2+. The number of aryl methyl sites for hydroxylation is 1. The van der Waals surface area contributed by atoms with E-state index >= 15 is 0 Å². The summed E-state index contributed by atoms with van der Waals surface area (Å²) < 4.78 is 2.04. The summed E-state index contributed by atoms with van der Waals surface area (Å²) in [5.74, 6) is -0.708. The zero-order valence-corrected chi connectivity index (χ0v) is 16.5. The molecule has 1 aromatic heterocycles. The third-order valence-corrected chi connectivity index (χ3v) is 5.38. The van der Waals surface area contributed by atoms with Crippen molar-refractivity contribution in [3.05, 3.63) is 65.6 Å². The quantitative estimate of drug-likeness (QED) is 0.588. The average molecular weight is 365 g/mol. The highest BCUT2D eigenvalue weighted by Crippen LogP contribution is 2.48. The number of aromatic nitrogens is 1. The SMILES string of the molecule is C[n+]1ccc(C=C2N(CCCCCC(=O)O)c3ccccc3C2(C)C)cc1. The van der Waals surface area contributed by atoms with Crippen molar-refractivity contribution < 1.29 is 14.5 Å². The Morgan fingerprint density at radius 2 is 1.81 bits per heavy atom. The van der Waals surface area contributed by atoms with E-state index in [1.165, 1.54) is 22.5 Å². The number of pyridine rings is 1. The molecule has 1 aliphatic heterocycles. The Bertz CT molecular complexity index is 838. The largest absolute Gasteiger partial charge is 0.481 e. The number of benzene rings is 1. The van der Waals surface area contributed by atoms with Crippen LogP contribution in [0.25, 0.3) is 6.08 Å². The highest BCUT2D eigenvalue weighted by Gasteiger charge is 2.39. The van der Waals surface area contributed by atoms with Crippen molar-refractivity contribution in [2.75, 3.05) is 11.4 Å². The number of hydrogen-bond donors (Lipinski definition) is 1. The lowest BCUT2D eigenvalue weighted by Crippen LogP contribution is -2.27. The third-order valence-electron chi connectivity index (χ3n) is 5.38. The molecule has 0 saturated heterocycles. The highest BCUT2D eigenvalue weighted by molar-refractivity contribution is 5.75. The van der Waals surface area contributed by atoms with Gasteiger partial charge in [-0.15, -0.1) is 0 Å². The van der Waals surface area contributed by atoms with Crippen molar-refractivity contribution in [1.82, 2.24) is 0 Å². The van der Waals surface area contributed by atoms with Crippen LogP contribution in [0.1, 0.15) is 50.7 Å². The van der Waals surface area contributed by atoms with Gasteiger partial charge in [0.15, 0.2) is 12.4 Å². The monoisotopic (exact) mass is 365 g/mol. The molecule has 0 fully saturated rings. The number of para-hydroxylation sites is 1. The molecule has 0 spiro atoms. The molecule has 3 rings (SSSR count). The van der Waals surface area contributed by atoms with Crippen LogP contribution in [0.5, 0.6) is 0 Å². The van der Waals surface area contributed by atoms with Crippen molar-refractivity contribution in [2.24, 2.45) is 7.05 Å². The molecule has 4 heteroatoms. The maximum Gasteiger partial charge on any atom is 0.303 e. The smallest absolute Gasteiger partial charge is 0.303 e. The molecule has 142 valence electrons. The Balaban J connectivity index is 1.86. The molecule has 0 aliphatic carbocycles. The van der Waals surface area contributed by atoms with Crippen LogP contribution in [0, 0.1) is 0 Å². The van der Waals surface area contributed by atoms with Gasteiger partial charge in [-0.05, 0) is 36.1 Å². The van der Waals surface area contributed by atoms with Crippen molar-refractivity contribution >= 4 is 17.7 Å². The Morgan fingerprint density at radius 1 is 1.11 bits per heavy atom. The molecule has 2 heterocycles. The molecule has 0 radical (unpaired) electrons. The summed E-state index contributed by atoms with van der Waals surface area (Å²) in [4.78, 5) is 13.1. The van der Waals surface area contributed by atoms with Gasteiger partial charge in [0, 0.05) is 41.9 Å². The zero-order chi connectivity index (χ0) is 19.4. The first kappa shape index (κ1) is 19.2. The minimum Gasteiger partial charge on any atom is -0.481 e. The van der Waals surface area contributed by atoms with Crippen molar-refractivity contribution in [2.45, 2.75) is 44.9 Å². The van der Waals surface area contributed by atoms with Crippen LogP contribution in [0.2, 0.25) is 0 Å². The van der Waals surface area contributed by atoms with Gasteiger partial charge in [-0.25, -0.2) is 4.57 Å². The fourth-order valence-electron chi connectivity index (χ4n) is 3.83. The molecule has 0 atom stereocenters. The van der Waals surface area contributed by atoms with E-state index in [0.717, 1.165) is 25.8 Å². The van der Waals surface area contributed by atoms with E-state index in [1.54, 1.807) is 0 Å². The maximum absolute atomic E-state index is 10.7. The third kappa shape index (κ3) is 4.21. The van der Waals surface area contributed by atoms with E-state index in [1.807, 2.05) is 11.6 Å². The van der Waals surface area contributed by atoms with E-state index in [-0.39, 0.29) is 11.8 Å². The average Bonchev–Trinajstić information content (AvgIpc) is 2.84. The number of anilines is 1. The number of carboxylic acid groups (broad SMARTS) is 1. The Morgan fingerprint density at radius 3 is 2.52 bits per heavy atom. The second-order valence-electron chi connectivity index (χ2n) is 7.82. The Hall–Kier alpha value is -2.62. The van der Waals surface area contributed by atoms with Gasteiger partial charge in [0.25, 0.3) is 0 Å². The summed E-state index contributed by atoms with van der Waals surface area (Å²) in [5, 5.41) is 8.83. The van der Waals surface area contributed by atoms with Gasteiger partial charge in [-0.3, -0.25) is 4.79 Å².